The van der Waals surface area contributed by atoms with E-state index >= 15 is 0 Å². The predicted octanol–water partition coefficient (Wildman–Crippen LogP) is 5.60. The minimum absolute atomic E-state index is 0.343. The molecule has 3 aromatic rings. The molecule has 7 heteroatoms. The average Bonchev–Trinajstić information content (AvgIpc) is 3.17. The molecule has 0 unspecified atom stereocenters. The van der Waals surface area contributed by atoms with Crippen LogP contribution in [-0.4, -0.2) is 26.3 Å². The van der Waals surface area contributed by atoms with Crippen LogP contribution >= 0.6 is 0 Å². The zero-order valence-corrected chi connectivity index (χ0v) is 20.5. The Balaban J connectivity index is 2.25. The van der Waals surface area contributed by atoms with E-state index in [0.717, 1.165) is 16.7 Å². The molecular weight excluding hydrogens is 442 g/mol. The second kappa shape index (κ2) is 11.2. The summed E-state index contributed by atoms with van der Waals surface area (Å²) in [5.74, 6) is -0.0468. The van der Waals surface area contributed by atoms with Gasteiger partial charge in [0.1, 0.15) is 11.4 Å². The Morgan fingerprint density at radius 2 is 1.46 bits per heavy atom. The Morgan fingerprint density at radius 1 is 0.886 bits per heavy atom. The molecule has 0 atom stereocenters. The third-order valence-electron chi connectivity index (χ3n) is 5.36. The number of fused-ring (bicyclic) bond motifs is 1. The number of hydrogen-bond donors (Lipinski definition) is 0. The van der Waals surface area contributed by atoms with Crippen LogP contribution in [0.2, 0.25) is 0 Å². The average molecular weight is 472 g/mol. The van der Waals surface area contributed by atoms with Crippen molar-refractivity contribution in [3.05, 3.63) is 90.5 Å². The normalized spacial score (nSPS) is 11.9. The topological polar surface area (TPSA) is 82.8 Å². The highest BCUT2D eigenvalue weighted by Crippen LogP contribution is 2.30. The summed E-state index contributed by atoms with van der Waals surface area (Å²) < 4.78 is 12.5. The van der Waals surface area contributed by atoms with Gasteiger partial charge in [-0.1, -0.05) is 37.5 Å². The van der Waals surface area contributed by atoms with Crippen molar-refractivity contribution in [2.75, 3.05) is 0 Å². The molecule has 1 aromatic carbocycles. The molecule has 180 valence electrons. The molecule has 0 aliphatic carbocycles. The summed E-state index contributed by atoms with van der Waals surface area (Å²) in [6, 6.07) is 7.05. The third kappa shape index (κ3) is 6.00. The van der Waals surface area contributed by atoms with Gasteiger partial charge in [-0.15, -0.1) is 0 Å². The summed E-state index contributed by atoms with van der Waals surface area (Å²) in [7, 11) is 0. The van der Waals surface area contributed by atoms with Crippen molar-refractivity contribution >= 4 is 17.6 Å². The van der Waals surface area contributed by atoms with Crippen molar-refractivity contribution < 1.29 is 19.1 Å². The van der Waals surface area contributed by atoms with Crippen LogP contribution < -0.4 is 9.47 Å². The molecule has 0 aliphatic rings. The van der Waals surface area contributed by atoms with E-state index in [1.165, 1.54) is 13.8 Å². The standard InChI is InChI=1S/C28H29N3O4/c1-7-20(8-2)15-24-27-30-25(16-21(9-3)10-4)28(35-19(6)33)31(27)17-26(29-24)22-11-13-23(14-12-22)34-18(5)32/h7-14,17H,1,3,15-16H2,2,4-6H3/b20-8+,21-10+. The first-order chi connectivity index (χ1) is 16.8. The monoisotopic (exact) mass is 471 g/mol. The second-order valence-electron chi connectivity index (χ2n) is 7.83. The minimum atomic E-state index is -0.445. The van der Waals surface area contributed by atoms with Crippen LogP contribution in [0.1, 0.15) is 39.1 Å². The molecule has 7 nitrogen and oxygen atoms in total. The first kappa shape index (κ1) is 25.4. The number of hydrogen-bond acceptors (Lipinski definition) is 6. The van der Waals surface area contributed by atoms with Gasteiger partial charge in [0, 0.05) is 38.4 Å². The molecule has 0 saturated carbocycles. The van der Waals surface area contributed by atoms with Crippen molar-refractivity contribution in [3.8, 4) is 22.9 Å². The molecular formula is C28H29N3O4. The lowest BCUT2D eigenvalue weighted by Gasteiger charge is -2.10. The largest absolute Gasteiger partial charge is 0.427 e. The lowest BCUT2D eigenvalue weighted by Crippen LogP contribution is -2.07. The molecule has 0 radical (unpaired) electrons. The maximum atomic E-state index is 12.0. The van der Waals surface area contributed by atoms with Gasteiger partial charge in [0.05, 0.1) is 11.4 Å². The van der Waals surface area contributed by atoms with Gasteiger partial charge in [-0.2, -0.15) is 0 Å². The third-order valence-corrected chi connectivity index (χ3v) is 5.36. The molecule has 2 heterocycles. The highest BCUT2D eigenvalue weighted by Gasteiger charge is 2.21. The number of carbonyl (C=O) groups excluding carboxylic acids is 2. The number of nitrogens with zero attached hydrogens (tertiary/aromatic N) is 3. The number of imidazole rings is 1. The summed E-state index contributed by atoms with van der Waals surface area (Å²) in [5.41, 5.74) is 5.30. The van der Waals surface area contributed by atoms with Crippen molar-refractivity contribution in [2.24, 2.45) is 0 Å². The Hall–Kier alpha value is -4.26. The van der Waals surface area contributed by atoms with Crippen molar-refractivity contribution in [1.82, 2.24) is 14.4 Å². The zero-order chi connectivity index (χ0) is 25.5. The van der Waals surface area contributed by atoms with Crippen molar-refractivity contribution in [3.63, 3.8) is 0 Å². The molecule has 2 aromatic heterocycles. The van der Waals surface area contributed by atoms with Crippen LogP contribution in [0, 0.1) is 0 Å². The van der Waals surface area contributed by atoms with Gasteiger partial charge < -0.3 is 9.47 Å². The minimum Gasteiger partial charge on any atom is -0.427 e. The van der Waals surface area contributed by atoms with E-state index in [1.807, 2.05) is 38.1 Å². The van der Waals surface area contributed by atoms with E-state index in [0.29, 0.717) is 47.2 Å². The van der Waals surface area contributed by atoms with Crippen molar-refractivity contribution in [2.45, 2.75) is 40.5 Å². The van der Waals surface area contributed by atoms with Gasteiger partial charge in [-0.05, 0) is 49.3 Å². The van der Waals surface area contributed by atoms with Gasteiger partial charge in [-0.3, -0.25) is 14.0 Å². The van der Waals surface area contributed by atoms with E-state index in [2.05, 4.69) is 13.2 Å². The van der Waals surface area contributed by atoms with Crippen LogP contribution in [0.5, 0.6) is 11.6 Å². The molecule has 0 bridgehead atoms. The molecule has 0 saturated heterocycles. The van der Waals surface area contributed by atoms with Gasteiger partial charge >= 0.3 is 11.9 Å². The summed E-state index contributed by atoms with van der Waals surface area (Å²) in [6.07, 6.45) is 10.2. The van der Waals surface area contributed by atoms with Gasteiger partial charge in [0.25, 0.3) is 0 Å². The van der Waals surface area contributed by atoms with Gasteiger partial charge in [0.15, 0.2) is 5.65 Å². The van der Waals surface area contributed by atoms with E-state index in [9.17, 15) is 9.59 Å². The summed E-state index contributed by atoms with van der Waals surface area (Å²) in [4.78, 5) is 33.0. The Morgan fingerprint density at radius 3 is 1.97 bits per heavy atom. The summed E-state index contributed by atoms with van der Waals surface area (Å²) >= 11 is 0. The highest BCUT2D eigenvalue weighted by molar-refractivity contribution is 5.71. The lowest BCUT2D eigenvalue weighted by molar-refractivity contribution is -0.133. The molecule has 0 spiro atoms. The van der Waals surface area contributed by atoms with E-state index in [-0.39, 0.29) is 5.97 Å². The quantitative estimate of drug-likeness (QED) is 0.230. The lowest BCUT2D eigenvalue weighted by atomic mass is 10.1. The number of esters is 2. The molecule has 0 N–H and O–H groups in total. The van der Waals surface area contributed by atoms with Crippen molar-refractivity contribution in [1.29, 1.82) is 0 Å². The first-order valence-electron chi connectivity index (χ1n) is 11.2. The van der Waals surface area contributed by atoms with Gasteiger partial charge in [0.2, 0.25) is 5.88 Å². The van der Waals surface area contributed by atoms with E-state index in [4.69, 9.17) is 19.4 Å². The zero-order valence-electron chi connectivity index (χ0n) is 20.5. The Kier molecular flexibility index (Phi) is 8.15. The van der Waals surface area contributed by atoms with Gasteiger partial charge in [-0.25, -0.2) is 9.97 Å². The molecule has 0 fully saturated rings. The number of benzene rings is 1. The molecule has 0 amide bonds. The first-order valence-corrected chi connectivity index (χ1v) is 11.2. The maximum absolute atomic E-state index is 12.0. The SMILES string of the molecule is C=C/C(=C\C)Cc1nc2c(C/C(C=C)=C/C)nc(-c3ccc(OC(C)=O)cc3)cn2c1OC(C)=O. The van der Waals surface area contributed by atoms with Crippen LogP contribution in [0.15, 0.2) is 79.1 Å². The fraction of sp³-hybridized carbons (Fsp3) is 0.214. The molecule has 0 aliphatic heterocycles. The second-order valence-corrected chi connectivity index (χ2v) is 7.83. The fourth-order valence-corrected chi connectivity index (χ4v) is 3.58. The van der Waals surface area contributed by atoms with E-state index in [1.54, 1.807) is 34.9 Å². The van der Waals surface area contributed by atoms with Crippen LogP contribution in [0.25, 0.3) is 16.9 Å². The number of carbonyl (C=O) groups is 2. The predicted molar refractivity (Wildman–Crippen MR) is 136 cm³/mol. The number of allylic oxidation sites excluding steroid dienone is 6. The maximum Gasteiger partial charge on any atom is 0.309 e. The number of aromatic nitrogens is 3. The van der Waals surface area contributed by atoms with Crippen LogP contribution in [-0.2, 0) is 22.4 Å². The van der Waals surface area contributed by atoms with E-state index < -0.39 is 5.97 Å². The Bertz CT molecular complexity index is 1340. The molecule has 3 rings (SSSR count). The molecule has 35 heavy (non-hydrogen) atoms. The van der Waals surface area contributed by atoms with Crippen LogP contribution in [0.4, 0.5) is 0 Å². The Labute approximate surface area is 205 Å². The smallest absolute Gasteiger partial charge is 0.309 e. The summed E-state index contributed by atoms with van der Waals surface area (Å²) in [6.45, 7) is 14.3. The fourth-order valence-electron chi connectivity index (χ4n) is 3.58. The number of ether oxygens (including phenoxy) is 2. The van der Waals surface area contributed by atoms with Crippen LogP contribution in [0.3, 0.4) is 0 Å². The number of rotatable bonds is 9. The summed E-state index contributed by atoms with van der Waals surface area (Å²) in [5, 5.41) is 0. The highest BCUT2D eigenvalue weighted by atomic mass is 16.5.